The molecule has 0 aliphatic heterocycles. The molecule has 1 aromatic rings. The van der Waals surface area contributed by atoms with Crippen molar-refractivity contribution in [2.75, 3.05) is 0 Å². The minimum absolute atomic E-state index is 0.0739. The number of aromatic hydroxyl groups is 1. The normalized spacial score (nSPS) is 22.5. The van der Waals surface area contributed by atoms with Crippen molar-refractivity contribution in [2.45, 2.75) is 59.3 Å². The lowest BCUT2D eigenvalue weighted by molar-refractivity contribution is -0.385. The first kappa shape index (κ1) is 22.7. The van der Waals surface area contributed by atoms with Crippen LogP contribution in [0.15, 0.2) is 29.5 Å². The van der Waals surface area contributed by atoms with Gasteiger partial charge in [0.25, 0.3) is 5.69 Å². The van der Waals surface area contributed by atoms with Gasteiger partial charge in [0, 0.05) is 54.9 Å². The van der Waals surface area contributed by atoms with Crippen LogP contribution in [0.1, 0.15) is 64.9 Å². The molecule has 8 heteroatoms. The molecule has 0 aromatic heterocycles. The smallest absolute Gasteiger partial charge is 0.269 e. The molecule has 0 heterocycles. The molecule has 0 bridgehead atoms. The fourth-order valence-corrected chi connectivity index (χ4v) is 4.84. The van der Waals surface area contributed by atoms with Crippen molar-refractivity contribution in [1.29, 1.82) is 0 Å². The number of carbonyl (C=O) groups excluding carboxylic acids is 3. The number of phenols is 1. The fourth-order valence-electron chi connectivity index (χ4n) is 4.84. The number of non-ortho nitro benzene ring substituents is 1. The molecule has 3 rings (SSSR count). The zero-order valence-corrected chi connectivity index (χ0v) is 18.1. The highest BCUT2D eigenvalue weighted by molar-refractivity contribution is 6.09. The number of Topliss-reactive ketones (excluding diaryl/α,β-unsaturated/α-hetero) is 3. The maximum atomic E-state index is 13.1. The zero-order chi connectivity index (χ0) is 23.3. The minimum Gasteiger partial charge on any atom is -0.512 e. The van der Waals surface area contributed by atoms with Gasteiger partial charge in [-0.25, -0.2) is 0 Å². The first-order valence-corrected chi connectivity index (χ1v) is 10.2. The van der Waals surface area contributed by atoms with Gasteiger partial charge in [-0.15, -0.1) is 0 Å². The largest absolute Gasteiger partial charge is 0.512 e. The van der Waals surface area contributed by atoms with E-state index in [1.807, 2.05) is 13.8 Å². The van der Waals surface area contributed by atoms with E-state index < -0.39 is 44.9 Å². The van der Waals surface area contributed by atoms with Gasteiger partial charge in [-0.05, 0) is 16.9 Å². The number of hydrogen-bond acceptors (Lipinski definition) is 7. The van der Waals surface area contributed by atoms with E-state index in [0.717, 1.165) is 18.2 Å². The predicted octanol–water partition coefficient (Wildman–Crippen LogP) is 4.16. The number of nitrogens with zero attached hydrogens (tertiary/aromatic N) is 1. The Bertz CT molecular complexity index is 999. The van der Waals surface area contributed by atoms with Crippen LogP contribution in [0, 0.1) is 26.9 Å². The maximum absolute atomic E-state index is 13.1. The van der Waals surface area contributed by atoms with E-state index in [1.165, 1.54) is 0 Å². The Morgan fingerprint density at radius 2 is 1.52 bits per heavy atom. The molecule has 1 aromatic carbocycles. The maximum Gasteiger partial charge on any atom is 0.269 e. The van der Waals surface area contributed by atoms with Crippen LogP contribution in [0.3, 0.4) is 0 Å². The van der Waals surface area contributed by atoms with Crippen LogP contribution < -0.4 is 0 Å². The summed E-state index contributed by atoms with van der Waals surface area (Å²) in [6.45, 7) is 7.22. The number of hydrogen-bond donors (Lipinski definition) is 2. The summed E-state index contributed by atoms with van der Waals surface area (Å²) in [5.74, 6) is -4.45. The van der Waals surface area contributed by atoms with Crippen LogP contribution in [-0.4, -0.2) is 32.5 Å². The van der Waals surface area contributed by atoms with E-state index in [9.17, 15) is 34.7 Å². The topological polar surface area (TPSA) is 135 Å². The van der Waals surface area contributed by atoms with Gasteiger partial charge in [-0.1, -0.05) is 27.7 Å². The number of allylic oxidation sites excluding steroid dienone is 2. The van der Waals surface area contributed by atoms with E-state index in [2.05, 4.69) is 0 Å². The molecule has 2 aliphatic carbocycles. The van der Waals surface area contributed by atoms with Crippen molar-refractivity contribution in [2.24, 2.45) is 16.7 Å². The van der Waals surface area contributed by atoms with Crippen LogP contribution in [0.2, 0.25) is 0 Å². The Morgan fingerprint density at radius 3 is 2.03 bits per heavy atom. The molecule has 2 N–H and O–H groups in total. The second kappa shape index (κ2) is 7.59. The third-order valence-electron chi connectivity index (χ3n) is 6.10. The van der Waals surface area contributed by atoms with Crippen molar-refractivity contribution in [3.05, 3.63) is 45.2 Å². The number of nitro benzene ring substituents is 1. The van der Waals surface area contributed by atoms with Gasteiger partial charge < -0.3 is 10.2 Å². The van der Waals surface area contributed by atoms with Gasteiger partial charge in [0.05, 0.1) is 10.8 Å². The van der Waals surface area contributed by atoms with Gasteiger partial charge in [-0.3, -0.25) is 24.5 Å². The molecule has 1 saturated carbocycles. The molecular weight excluding hydrogens is 402 g/mol. The second-order valence-corrected chi connectivity index (χ2v) is 10.2. The van der Waals surface area contributed by atoms with Crippen molar-refractivity contribution >= 4 is 23.0 Å². The standard InChI is InChI=1S/C23H27NO7/c1-22(2)8-15(26)20(16(27)9-22)19(13-7-12(24(30)31)5-6-14(13)25)21-17(28)10-23(3,4)11-18(21)29/h5-7,19-20,25,28H,8-11H2,1-4H3/t19-/m0/s1. The molecular formula is C23H27NO7. The molecule has 0 unspecified atom stereocenters. The highest BCUT2D eigenvalue weighted by Crippen LogP contribution is 2.49. The molecule has 0 saturated heterocycles. The number of nitro groups is 1. The lowest BCUT2D eigenvalue weighted by Gasteiger charge is -2.39. The van der Waals surface area contributed by atoms with E-state index in [4.69, 9.17) is 0 Å². The minimum atomic E-state index is -1.30. The first-order chi connectivity index (χ1) is 14.2. The molecule has 1 fully saturated rings. The predicted molar refractivity (Wildman–Crippen MR) is 112 cm³/mol. The van der Waals surface area contributed by atoms with Gasteiger partial charge in [0.2, 0.25) is 0 Å². The summed E-state index contributed by atoms with van der Waals surface area (Å²) in [6, 6.07) is 3.29. The SMILES string of the molecule is CC1(C)CC(=O)C([C@@H](C2=C(O)CC(C)(C)CC2=O)c2cc([N+](=O)[O-])ccc2O)C(=O)C1. The van der Waals surface area contributed by atoms with E-state index in [0.29, 0.717) is 0 Å². The van der Waals surface area contributed by atoms with Gasteiger partial charge >= 0.3 is 0 Å². The van der Waals surface area contributed by atoms with Crippen LogP contribution in [0.4, 0.5) is 5.69 Å². The monoisotopic (exact) mass is 429 g/mol. The van der Waals surface area contributed by atoms with Crippen molar-refractivity contribution in [3.8, 4) is 5.75 Å². The summed E-state index contributed by atoms with van der Waals surface area (Å²) < 4.78 is 0. The third-order valence-corrected chi connectivity index (χ3v) is 6.10. The number of ketones is 3. The Balaban J connectivity index is 2.25. The number of rotatable bonds is 4. The average Bonchev–Trinajstić information content (AvgIpc) is 2.57. The summed E-state index contributed by atoms with van der Waals surface area (Å²) in [5, 5.41) is 32.7. The van der Waals surface area contributed by atoms with Crippen LogP contribution >= 0.6 is 0 Å². The second-order valence-electron chi connectivity index (χ2n) is 10.2. The van der Waals surface area contributed by atoms with Crippen molar-refractivity contribution in [3.63, 3.8) is 0 Å². The average molecular weight is 429 g/mol. The number of phenolic OH excluding ortho intramolecular Hbond substituents is 1. The Morgan fingerprint density at radius 1 is 0.968 bits per heavy atom. The number of aliphatic hydroxyl groups excluding tert-OH is 1. The fraction of sp³-hybridized carbons (Fsp3) is 0.522. The molecule has 0 amide bonds. The summed E-state index contributed by atoms with van der Waals surface area (Å²) >= 11 is 0. The number of aliphatic hydroxyl groups is 1. The highest BCUT2D eigenvalue weighted by Gasteiger charge is 2.49. The molecule has 0 spiro atoms. The summed E-state index contributed by atoms with van der Waals surface area (Å²) in [4.78, 5) is 50.0. The van der Waals surface area contributed by atoms with Crippen LogP contribution in [-0.2, 0) is 14.4 Å². The highest BCUT2D eigenvalue weighted by atomic mass is 16.6. The molecule has 1 atom stereocenters. The molecule has 31 heavy (non-hydrogen) atoms. The Hall–Kier alpha value is -3.03. The van der Waals surface area contributed by atoms with Crippen LogP contribution in [0.5, 0.6) is 5.75 Å². The molecule has 8 nitrogen and oxygen atoms in total. The number of benzene rings is 1. The van der Waals surface area contributed by atoms with Gasteiger partial charge in [0.15, 0.2) is 5.78 Å². The summed E-state index contributed by atoms with van der Waals surface area (Å²) in [5.41, 5.74) is -1.59. The van der Waals surface area contributed by atoms with E-state index in [-0.39, 0.29) is 54.0 Å². The van der Waals surface area contributed by atoms with E-state index in [1.54, 1.807) is 13.8 Å². The zero-order valence-electron chi connectivity index (χ0n) is 18.1. The first-order valence-electron chi connectivity index (χ1n) is 10.2. The van der Waals surface area contributed by atoms with Crippen molar-refractivity contribution in [1.82, 2.24) is 0 Å². The third kappa shape index (κ3) is 4.38. The quantitative estimate of drug-likeness (QED) is 0.417. The summed E-state index contributed by atoms with van der Waals surface area (Å²) in [6.07, 6.45) is 0.409. The van der Waals surface area contributed by atoms with Gasteiger partial charge in [0.1, 0.15) is 23.1 Å². The molecule has 0 radical (unpaired) electrons. The van der Waals surface area contributed by atoms with Crippen molar-refractivity contribution < 1.29 is 29.5 Å². The van der Waals surface area contributed by atoms with Crippen LogP contribution in [0.25, 0.3) is 0 Å². The Kier molecular flexibility index (Phi) is 5.54. The molecule has 2 aliphatic rings. The lowest BCUT2D eigenvalue weighted by Crippen LogP contribution is -2.43. The van der Waals surface area contributed by atoms with E-state index >= 15 is 0 Å². The Labute approximate surface area is 180 Å². The number of carbonyl (C=O) groups is 3. The van der Waals surface area contributed by atoms with Gasteiger partial charge in [-0.2, -0.15) is 0 Å². The molecule has 166 valence electrons. The lowest BCUT2D eigenvalue weighted by atomic mass is 9.62. The summed E-state index contributed by atoms with van der Waals surface area (Å²) in [7, 11) is 0.